The van der Waals surface area contributed by atoms with Gasteiger partial charge in [-0.1, -0.05) is 0 Å². The van der Waals surface area contributed by atoms with Gasteiger partial charge in [-0.05, 0) is 47.7 Å². The van der Waals surface area contributed by atoms with Crippen LogP contribution in [-0.2, 0) is 16.6 Å². The Bertz CT molecular complexity index is 974. The molecule has 0 atom stereocenters. The summed E-state index contributed by atoms with van der Waals surface area (Å²) in [5.74, 6) is -0.176. The second-order valence-electron chi connectivity index (χ2n) is 5.63. The first kappa shape index (κ1) is 16.1. The monoisotopic (exact) mass is 374 g/mol. The van der Waals surface area contributed by atoms with E-state index in [0.717, 1.165) is 16.1 Å². The lowest BCUT2D eigenvalue weighted by atomic mass is 10.1. The maximum atomic E-state index is 12.4. The number of nitrogens with zero attached hydrogens (tertiary/aromatic N) is 3. The molecule has 1 N–H and O–H groups in total. The van der Waals surface area contributed by atoms with Gasteiger partial charge in [0.1, 0.15) is 0 Å². The molecule has 3 heterocycles. The molecule has 128 valence electrons. The largest absolute Gasteiger partial charge is 0.348 e. The normalized spacial score (nSPS) is 17.4. The Morgan fingerprint density at radius 2 is 2.04 bits per heavy atom. The average molecular weight is 374 g/mol. The number of pyridine rings is 1. The van der Waals surface area contributed by atoms with Gasteiger partial charge in [-0.25, -0.2) is 8.42 Å². The van der Waals surface area contributed by atoms with Crippen LogP contribution in [0.3, 0.4) is 0 Å². The lowest BCUT2D eigenvalue weighted by Crippen LogP contribution is -2.35. The molecule has 25 heavy (non-hydrogen) atoms. The summed E-state index contributed by atoms with van der Waals surface area (Å²) < 4.78 is 27.1. The highest BCUT2D eigenvalue weighted by Crippen LogP contribution is 2.42. The Morgan fingerprint density at radius 1 is 1.24 bits per heavy atom. The highest BCUT2D eigenvalue weighted by atomic mass is 32.2. The molecule has 9 heteroatoms. The molecule has 0 bridgehead atoms. The molecule has 2 aliphatic rings. The van der Waals surface area contributed by atoms with E-state index in [9.17, 15) is 13.2 Å². The summed E-state index contributed by atoms with van der Waals surface area (Å²) in [5.41, 5.74) is 2.39. The molecule has 0 spiro atoms. The Kier molecular flexibility index (Phi) is 3.97. The molecule has 0 saturated heterocycles. The highest BCUT2D eigenvalue weighted by Gasteiger charge is 2.33. The molecule has 1 aromatic heterocycles. The van der Waals surface area contributed by atoms with Gasteiger partial charge < -0.3 is 10.2 Å². The minimum Gasteiger partial charge on any atom is -0.348 e. The topological polar surface area (TPSA) is 91.7 Å². The minimum absolute atomic E-state index is 0.00463. The molecule has 2 aromatic rings. The number of fused-ring (bicyclic) bond motifs is 3. The van der Waals surface area contributed by atoms with E-state index in [0.29, 0.717) is 23.8 Å². The molecule has 4 rings (SSSR count). The van der Waals surface area contributed by atoms with Crippen LogP contribution in [0.4, 0.5) is 5.69 Å². The highest BCUT2D eigenvalue weighted by molar-refractivity contribution is 8.15. The predicted octanol–water partition coefficient (Wildman–Crippen LogP) is 1.62. The standard InChI is InChI=1S/C16H14N4O3S2/c21-15(18-10-11-3-5-17-6-4-11)12-1-2-13-14(9-12)24-16-19-25(22,23)8-7-20(13)16/h1-6,9H,7-8,10H2,(H,18,21). The third-order valence-electron chi connectivity index (χ3n) is 3.94. The molecule has 1 amide bonds. The zero-order valence-electron chi connectivity index (χ0n) is 13.0. The van der Waals surface area contributed by atoms with Crippen molar-refractivity contribution in [2.75, 3.05) is 17.2 Å². The second-order valence-corrected chi connectivity index (χ2v) is 8.40. The molecule has 0 unspecified atom stereocenters. The number of rotatable bonds is 3. The maximum absolute atomic E-state index is 12.4. The average Bonchev–Trinajstić information content (AvgIpc) is 2.95. The number of aromatic nitrogens is 1. The predicted molar refractivity (Wildman–Crippen MR) is 96.3 cm³/mol. The van der Waals surface area contributed by atoms with Gasteiger partial charge in [0.25, 0.3) is 15.9 Å². The van der Waals surface area contributed by atoms with Gasteiger partial charge in [-0.3, -0.25) is 9.78 Å². The van der Waals surface area contributed by atoms with E-state index in [1.807, 2.05) is 23.1 Å². The SMILES string of the molecule is O=C(NCc1ccncc1)c1ccc2c(c1)SC1=NS(=O)(=O)CCN12. The van der Waals surface area contributed by atoms with Crippen LogP contribution >= 0.6 is 11.8 Å². The molecule has 2 aliphatic heterocycles. The number of carbonyl (C=O) groups excluding carboxylic acids is 1. The van der Waals surface area contributed by atoms with Crippen molar-refractivity contribution in [1.82, 2.24) is 10.3 Å². The summed E-state index contributed by atoms with van der Waals surface area (Å²) in [4.78, 5) is 19.0. The van der Waals surface area contributed by atoms with Gasteiger partial charge in [-0.2, -0.15) is 0 Å². The van der Waals surface area contributed by atoms with Crippen LogP contribution in [0.15, 0.2) is 52.0 Å². The van der Waals surface area contributed by atoms with Gasteiger partial charge in [0.2, 0.25) is 0 Å². The summed E-state index contributed by atoms with van der Waals surface area (Å²) in [6.45, 7) is 0.803. The first-order valence-corrected chi connectivity index (χ1v) is 10.0. The van der Waals surface area contributed by atoms with Crippen molar-refractivity contribution in [2.24, 2.45) is 4.40 Å². The zero-order chi connectivity index (χ0) is 17.4. The van der Waals surface area contributed by atoms with Gasteiger partial charge >= 0.3 is 0 Å². The quantitative estimate of drug-likeness (QED) is 0.878. The molecular formula is C16H14N4O3S2. The Hall–Kier alpha value is -2.39. The summed E-state index contributed by atoms with van der Waals surface area (Å²) in [6.07, 6.45) is 3.36. The third-order valence-corrected chi connectivity index (χ3v) is 6.24. The summed E-state index contributed by atoms with van der Waals surface area (Å²) >= 11 is 1.28. The number of nitrogens with one attached hydrogen (secondary N) is 1. The molecule has 0 saturated carbocycles. The van der Waals surface area contributed by atoms with Gasteiger partial charge in [0.05, 0.1) is 11.4 Å². The fraction of sp³-hybridized carbons (Fsp3) is 0.188. The number of benzene rings is 1. The molecule has 1 aromatic carbocycles. The van der Waals surface area contributed by atoms with Crippen molar-refractivity contribution in [3.63, 3.8) is 0 Å². The van der Waals surface area contributed by atoms with E-state index < -0.39 is 10.0 Å². The third kappa shape index (κ3) is 3.24. The van der Waals surface area contributed by atoms with Crippen LogP contribution in [-0.4, -0.2) is 36.8 Å². The van der Waals surface area contributed by atoms with Crippen molar-refractivity contribution < 1.29 is 13.2 Å². The number of hydrogen-bond acceptors (Lipinski definition) is 6. The van der Waals surface area contributed by atoms with Crippen LogP contribution in [0.2, 0.25) is 0 Å². The Labute approximate surface area is 149 Å². The number of amidine groups is 1. The van der Waals surface area contributed by atoms with E-state index in [1.165, 1.54) is 11.8 Å². The smallest absolute Gasteiger partial charge is 0.257 e. The van der Waals surface area contributed by atoms with Crippen molar-refractivity contribution in [1.29, 1.82) is 0 Å². The first-order valence-electron chi connectivity index (χ1n) is 7.61. The Balaban J connectivity index is 1.52. The molecular weight excluding hydrogens is 360 g/mol. The molecule has 0 radical (unpaired) electrons. The van der Waals surface area contributed by atoms with Gasteiger partial charge in [0.15, 0.2) is 5.17 Å². The van der Waals surface area contributed by atoms with E-state index in [2.05, 4.69) is 14.7 Å². The summed E-state index contributed by atoms with van der Waals surface area (Å²) in [7, 11) is -3.38. The number of anilines is 1. The maximum Gasteiger partial charge on any atom is 0.257 e. The lowest BCUT2D eigenvalue weighted by Gasteiger charge is -2.22. The van der Waals surface area contributed by atoms with Crippen LogP contribution in [0.1, 0.15) is 15.9 Å². The van der Waals surface area contributed by atoms with Crippen LogP contribution in [0.25, 0.3) is 0 Å². The fourth-order valence-electron chi connectivity index (χ4n) is 2.66. The lowest BCUT2D eigenvalue weighted by molar-refractivity contribution is 0.0950. The van der Waals surface area contributed by atoms with E-state index in [-0.39, 0.29) is 11.7 Å². The van der Waals surface area contributed by atoms with Crippen LogP contribution < -0.4 is 10.2 Å². The van der Waals surface area contributed by atoms with Crippen molar-refractivity contribution >= 4 is 38.5 Å². The zero-order valence-corrected chi connectivity index (χ0v) is 14.7. The van der Waals surface area contributed by atoms with E-state index >= 15 is 0 Å². The Morgan fingerprint density at radius 3 is 2.84 bits per heavy atom. The van der Waals surface area contributed by atoms with Crippen molar-refractivity contribution in [3.05, 3.63) is 53.9 Å². The van der Waals surface area contributed by atoms with Crippen molar-refractivity contribution in [2.45, 2.75) is 11.4 Å². The molecule has 0 aliphatic carbocycles. The summed E-state index contributed by atoms with van der Waals surface area (Å²) in [6, 6.07) is 9.04. The second kappa shape index (κ2) is 6.16. The number of carbonyl (C=O) groups is 1. The van der Waals surface area contributed by atoms with Crippen LogP contribution in [0, 0.1) is 0 Å². The minimum atomic E-state index is -3.38. The van der Waals surface area contributed by atoms with E-state index in [1.54, 1.807) is 24.5 Å². The first-order chi connectivity index (χ1) is 12.0. The van der Waals surface area contributed by atoms with E-state index in [4.69, 9.17) is 0 Å². The van der Waals surface area contributed by atoms with Crippen molar-refractivity contribution in [3.8, 4) is 0 Å². The van der Waals surface area contributed by atoms with Gasteiger partial charge in [-0.15, -0.1) is 4.40 Å². The number of amides is 1. The number of hydrogen-bond donors (Lipinski definition) is 1. The number of thioether (sulfide) groups is 1. The molecule has 0 fully saturated rings. The summed E-state index contributed by atoms with van der Waals surface area (Å²) in [5, 5.41) is 3.32. The number of sulfonamides is 1. The van der Waals surface area contributed by atoms with Crippen LogP contribution in [0.5, 0.6) is 0 Å². The van der Waals surface area contributed by atoms with Gasteiger partial charge in [0, 0.05) is 35.9 Å². The fourth-order valence-corrected chi connectivity index (χ4v) is 4.95. The molecule has 7 nitrogen and oxygen atoms in total.